The number of amides is 1. The Labute approximate surface area is 189 Å². The van der Waals surface area contributed by atoms with Crippen molar-refractivity contribution < 1.29 is 28.3 Å². The van der Waals surface area contributed by atoms with Gasteiger partial charge in [0.15, 0.2) is 5.84 Å². The molecule has 0 atom stereocenters. The van der Waals surface area contributed by atoms with Crippen LogP contribution in [-0.4, -0.2) is 57.3 Å². The molecular formula is C21H26F2N6O4. The number of benzene rings is 1. The third-order valence-electron chi connectivity index (χ3n) is 5.05. The van der Waals surface area contributed by atoms with Crippen molar-refractivity contribution >= 4 is 23.4 Å². The minimum absolute atomic E-state index is 0.177. The van der Waals surface area contributed by atoms with Gasteiger partial charge in [-0.2, -0.15) is 0 Å². The van der Waals surface area contributed by atoms with Crippen LogP contribution >= 0.6 is 0 Å². The maximum atomic E-state index is 14.5. The zero-order valence-corrected chi connectivity index (χ0v) is 18.5. The summed E-state index contributed by atoms with van der Waals surface area (Å²) in [6, 6.07) is 1.70. The molecule has 1 fully saturated rings. The van der Waals surface area contributed by atoms with Gasteiger partial charge in [-0.05, 0) is 26.8 Å². The number of ether oxygens (including phenoxy) is 2. The van der Waals surface area contributed by atoms with Crippen molar-refractivity contribution in [3.63, 3.8) is 0 Å². The largest absolute Gasteiger partial charge is 0.474 e. The zero-order valence-electron chi connectivity index (χ0n) is 18.5. The number of rotatable bonds is 6. The van der Waals surface area contributed by atoms with Gasteiger partial charge in [-0.25, -0.2) is 23.5 Å². The van der Waals surface area contributed by atoms with Crippen LogP contribution in [0.2, 0.25) is 0 Å². The van der Waals surface area contributed by atoms with E-state index in [-0.39, 0.29) is 35.4 Å². The Balaban J connectivity index is 1.68. The number of likely N-dealkylation sites (tertiary alicyclic amines) is 1. The first-order chi connectivity index (χ1) is 15.7. The lowest BCUT2D eigenvalue weighted by molar-refractivity contribution is 0.0505. The lowest BCUT2D eigenvalue weighted by Gasteiger charge is -2.32. The van der Waals surface area contributed by atoms with Crippen LogP contribution in [-0.2, 0) is 4.74 Å². The van der Waals surface area contributed by atoms with E-state index in [1.807, 2.05) is 0 Å². The van der Waals surface area contributed by atoms with Crippen LogP contribution in [0.15, 0.2) is 23.6 Å². The highest BCUT2D eigenvalue weighted by Gasteiger charge is 2.26. The quantitative estimate of drug-likeness (QED) is 0.257. The normalized spacial score (nSPS) is 15.0. The molecular weight excluding hydrogens is 438 g/mol. The average molecular weight is 464 g/mol. The summed E-state index contributed by atoms with van der Waals surface area (Å²) < 4.78 is 39.9. The molecule has 0 aliphatic carbocycles. The third kappa shape index (κ3) is 5.76. The fraction of sp³-hybridized carbons (Fsp3) is 0.429. The number of aromatic nitrogens is 2. The molecule has 4 N–H and O–H groups in total. The number of hydrogen-bond acceptors (Lipinski definition) is 8. The van der Waals surface area contributed by atoms with Gasteiger partial charge in [0.05, 0.1) is 22.9 Å². The lowest BCUT2D eigenvalue weighted by atomic mass is 10.1. The van der Waals surface area contributed by atoms with Gasteiger partial charge in [0, 0.05) is 32.0 Å². The molecule has 0 unspecified atom stereocenters. The summed E-state index contributed by atoms with van der Waals surface area (Å²) >= 11 is 0. The fourth-order valence-electron chi connectivity index (χ4n) is 3.29. The van der Waals surface area contributed by atoms with Crippen LogP contribution < -0.4 is 15.8 Å². The molecule has 1 saturated heterocycles. The predicted molar refractivity (Wildman–Crippen MR) is 116 cm³/mol. The molecule has 33 heavy (non-hydrogen) atoms. The first-order valence-electron chi connectivity index (χ1n) is 10.4. The minimum atomic E-state index is -0.875. The van der Waals surface area contributed by atoms with E-state index in [4.69, 9.17) is 20.4 Å². The predicted octanol–water partition coefficient (Wildman–Crippen LogP) is 3.29. The van der Waals surface area contributed by atoms with Crippen molar-refractivity contribution in [2.24, 2.45) is 10.9 Å². The van der Waals surface area contributed by atoms with E-state index < -0.39 is 17.5 Å². The number of hydrogen-bond donors (Lipinski definition) is 3. The van der Waals surface area contributed by atoms with Crippen molar-refractivity contribution in [2.45, 2.75) is 45.8 Å². The number of amidine groups is 1. The summed E-state index contributed by atoms with van der Waals surface area (Å²) in [6.45, 7) is 6.26. The molecule has 2 heterocycles. The van der Waals surface area contributed by atoms with Gasteiger partial charge in [0.1, 0.15) is 29.9 Å². The Morgan fingerprint density at radius 1 is 1.27 bits per heavy atom. The monoisotopic (exact) mass is 464 g/mol. The molecule has 10 nitrogen and oxygen atoms in total. The van der Waals surface area contributed by atoms with Gasteiger partial charge in [-0.15, -0.1) is 0 Å². The second-order valence-electron chi connectivity index (χ2n) is 7.81. The minimum Gasteiger partial charge on any atom is -0.474 e. The Morgan fingerprint density at radius 2 is 1.97 bits per heavy atom. The van der Waals surface area contributed by atoms with Crippen molar-refractivity contribution in [1.29, 1.82) is 0 Å². The van der Waals surface area contributed by atoms with E-state index in [9.17, 15) is 13.6 Å². The second kappa shape index (κ2) is 10.3. The maximum Gasteiger partial charge on any atom is 0.410 e. The molecule has 12 heteroatoms. The van der Waals surface area contributed by atoms with E-state index in [1.165, 1.54) is 6.33 Å². The number of anilines is 2. The average Bonchev–Trinajstić information content (AvgIpc) is 2.78. The number of nitrogens with one attached hydrogen (secondary N) is 1. The molecule has 1 aliphatic heterocycles. The molecule has 0 saturated carbocycles. The van der Waals surface area contributed by atoms with E-state index in [1.54, 1.807) is 25.7 Å². The molecule has 1 aromatic carbocycles. The second-order valence-corrected chi connectivity index (χ2v) is 7.81. The van der Waals surface area contributed by atoms with E-state index in [0.717, 1.165) is 12.1 Å². The van der Waals surface area contributed by atoms with Crippen LogP contribution in [0.25, 0.3) is 0 Å². The first-order valence-corrected chi connectivity index (χ1v) is 10.4. The highest BCUT2D eigenvalue weighted by atomic mass is 19.1. The van der Waals surface area contributed by atoms with E-state index in [0.29, 0.717) is 37.4 Å². The van der Waals surface area contributed by atoms with Crippen molar-refractivity contribution in [3.8, 4) is 5.88 Å². The number of carbonyl (C=O) groups is 1. The summed E-state index contributed by atoms with van der Waals surface area (Å²) in [6.07, 6.45) is 1.72. The molecule has 2 aromatic rings. The number of carbonyl (C=O) groups excluding carboxylic acids is 1. The highest BCUT2D eigenvalue weighted by molar-refractivity contribution is 5.97. The molecule has 1 aromatic heterocycles. The molecule has 3 rings (SSSR count). The standard InChI is InChI=1S/C21H26F2N6O4/c1-11(2)32-21(30)29-6-4-13(5-7-29)33-20-12(3)19(25-10-26-20)27-17-9-15(22)14(8-16(17)23)18(24)28-31/h8-11,13,31H,4-7H2,1-3H3,(H2,24,28)(H,25,26,27). The van der Waals surface area contributed by atoms with E-state index in [2.05, 4.69) is 20.4 Å². The van der Waals surface area contributed by atoms with Crippen LogP contribution in [0.5, 0.6) is 5.88 Å². The van der Waals surface area contributed by atoms with Gasteiger partial charge in [-0.3, -0.25) is 0 Å². The van der Waals surface area contributed by atoms with Gasteiger partial charge >= 0.3 is 6.09 Å². The van der Waals surface area contributed by atoms with Crippen LogP contribution in [0.3, 0.4) is 0 Å². The molecule has 0 radical (unpaired) electrons. The topological polar surface area (TPSA) is 135 Å². The van der Waals surface area contributed by atoms with Crippen molar-refractivity contribution in [2.75, 3.05) is 18.4 Å². The highest BCUT2D eigenvalue weighted by Crippen LogP contribution is 2.28. The Kier molecular flexibility index (Phi) is 7.46. The lowest BCUT2D eigenvalue weighted by Crippen LogP contribution is -2.42. The number of nitrogens with two attached hydrogens (primary N) is 1. The van der Waals surface area contributed by atoms with Crippen molar-refractivity contribution in [1.82, 2.24) is 14.9 Å². The molecule has 0 spiro atoms. The molecule has 1 aliphatic rings. The summed E-state index contributed by atoms with van der Waals surface area (Å²) in [5.41, 5.74) is 5.30. The fourth-order valence-corrected chi connectivity index (χ4v) is 3.29. The SMILES string of the molecule is Cc1c(Nc2cc(F)c(/C(N)=N/O)cc2F)ncnc1OC1CCN(C(=O)OC(C)C)CC1. The van der Waals surface area contributed by atoms with Gasteiger partial charge in [0.2, 0.25) is 5.88 Å². The maximum absolute atomic E-state index is 14.5. The van der Waals surface area contributed by atoms with Gasteiger partial charge < -0.3 is 30.6 Å². The molecule has 1 amide bonds. The van der Waals surface area contributed by atoms with E-state index >= 15 is 0 Å². The summed E-state index contributed by atoms with van der Waals surface area (Å²) in [5.74, 6) is -1.72. The third-order valence-corrected chi connectivity index (χ3v) is 5.05. The molecule has 178 valence electrons. The summed E-state index contributed by atoms with van der Waals surface area (Å²) in [7, 11) is 0. The van der Waals surface area contributed by atoms with Crippen LogP contribution in [0.1, 0.15) is 37.8 Å². The number of piperidine rings is 1. The number of oxime groups is 1. The number of halogens is 2. The van der Waals surface area contributed by atoms with Gasteiger partial charge in [-0.1, -0.05) is 5.16 Å². The smallest absolute Gasteiger partial charge is 0.410 e. The van der Waals surface area contributed by atoms with Crippen molar-refractivity contribution in [3.05, 3.63) is 41.2 Å². The summed E-state index contributed by atoms with van der Waals surface area (Å²) in [4.78, 5) is 21.9. The van der Waals surface area contributed by atoms with Crippen LogP contribution in [0, 0.1) is 18.6 Å². The Hall–Kier alpha value is -3.70. The molecule has 0 bridgehead atoms. The van der Waals surface area contributed by atoms with Crippen LogP contribution in [0.4, 0.5) is 25.1 Å². The van der Waals surface area contributed by atoms with Gasteiger partial charge in [0.25, 0.3) is 0 Å². The summed E-state index contributed by atoms with van der Waals surface area (Å²) in [5, 5.41) is 14.1. The Morgan fingerprint density at radius 3 is 2.61 bits per heavy atom. The Bertz CT molecular complexity index is 1040. The number of nitrogens with zero attached hydrogens (tertiary/aromatic N) is 4. The zero-order chi connectivity index (χ0) is 24.1. The first kappa shape index (κ1) is 24.0.